The Morgan fingerprint density at radius 2 is 1.62 bits per heavy atom. The first-order valence-corrected chi connectivity index (χ1v) is 10.1. The van der Waals surface area contributed by atoms with Gasteiger partial charge >= 0.3 is 0 Å². The van der Waals surface area contributed by atoms with Crippen molar-refractivity contribution in [3.63, 3.8) is 0 Å². The Balaban J connectivity index is 2.04. The van der Waals surface area contributed by atoms with Gasteiger partial charge in [-0.05, 0) is 47.5 Å². The second kappa shape index (κ2) is 10.2. The standard InChI is InChI=1S/C24H22ClFO6/c1-30-21-12-18(14-3-6-17(27)7-4-14)24(31-2)23(29)22(21)15-5-8-20(19(28)11-15)32-10-9-16(26)13-25/h3-9,11-12,27-29H,10,13H2,1-2H3/b16-9+. The van der Waals surface area contributed by atoms with Gasteiger partial charge in [0, 0.05) is 5.56 Å². The summed E-state index contributed by atoms with van der Waals surface area (Å²) in [5.74, 6) is -0.384. The maximum Gasteiger partial charge on any atom is 0.170 e. The van der Waals surface area contributed by atoms with Crippen LogP contribution < -0.4 is 14.2 Å². The molecule has 0 bridgehead atoms. The molecule has 6 nitrogen and oxygen atoms in total. The maximum atomic E-state index is 13.1. The minimum absolute atomic E-state index is 0.102. The number of benzene rings is 3. The normalized spacial score (nSPS) is 11.3. The predicted octanol–water partition coefficient (Wildman–Crippen LogP) is 5.63. The van der Waals surface area contributed by atoms with Crippen molar-refractivity contribution >= 4 is 11.6 Å². The fourth-order valence-corrected chi connectivity index (χ4v) is 3.31. The van der Waals surface area contributed by atoms with E-state index in [9.17, 15) is 19.7 Å². The van der Waals surface area contributed by atoms with Gasteiger partial charge in [-0.25, -0.2) is 4.39 Å². The second-order valence-electron chi connectivity index (χ2n) is 6.71. The molecule has 0 heterocycles. The molecule has 0 unspecified atom stereocenters. The average Bonchev–Trinajstić information content (AvgIpc) is 2.79. The molecule has 168 valence electrons. The van der Waals surface area contributed by atoms with Gasteiger partial charge in [-0.2, -0.15) is 0 Å². The van der Waals surface area contributed by atoms with Crippen LogP contribution in [0.4, 0.5) is 4.39 Å². The van der Waals surface area contributed by atoms with Crippen LogP contribution in [0.3, 0.4) is 0 Å². The van der Waals surface area contributed by atoms with Gasteiger partial charge in [0.1, 0.15) is 23.9 Å². The quantitative estimate of drug-likeness (QED) is 0.378. The van der Waals surface area contributed by atoms with Crippen molar-refractivity contribution < 1.29 is 33.9 Å². The van der Waals surface area contributed by atoms with E-state index in [1.165, 1.54) is 44.6 Å². The van der Waals surface area contributed by atoms with Gasteiger partial charge in [0.05, 0.1) is 25.7 Å². The van der Waals surface area contributed by atoms with Gasteiger partial charge in [0.25, 0.3) is 0 Å². The van der Waals surface area contributed by atoms with Gasteiger partial charge in [0.15, 0.2) is 23.0 Å². The molecule has 0 aliphatic heterocycles. The fourth-order valence-electron chi connectivity index (χ4n) is 3.20. The van der Waals surface area contributed by atoms with E-state index in [-0.39, 0.29) is 41.2 Å². The van der Waals surface area contributed by atoms with Crippen LogP contribution in [-0.2, 0) is 0 Å². The zero-order chi connectivity index (χ0) is 23.3. The number of phenolic OH excluding ortho intramolecular Hbond substituents is 3. The fraction of sp³-hybridized carbons (Fsp3) is 0.167. The molecule has 3 N–H and O–H groups in total. The number of phenols is 3. The molecule has 0 atom stereocenters. The van der Waals surface area contributed by atoms with Crippen LogP contribution in [0.25, 0.3) is 22.3 Å². The van der Waals surface area contributed by atoms with Crippen LogP contribution in [0.5, 0.6) is 34.5 Å². The number of hydrogen-bond donors (Lipinski definition) is 3. The molecule has 0 saturated heterocycles. The number of rotatable bonds is 8. The Bertz CT molecular complexity index is 1130. The molecule has 0 aliphatic carbocycles. The van der Waals surface area contributed by atoms with E-state index in [2.05, 4.69) is 0 Å². The van der Waals surface area contributed by atoms with Gasteiger partial charge in [0.2, 0.25) is 0 Å². The molecule has 0 saturated carbocycles. The number of methoxy groups -OCH3 is 2. The molecule has 0 fully saturated rings. The van der Waals surface area contributed by atoms with Crippen LogP contribution in [0.2, 0.25) is 0 Å². The zero-order valence-corrected chi connectivity index (χ0v) is 18.2. The van der Waals surface area contributed by atoms with Crippen molar-refractivity contribution in [2.24, 2.45) is 0 Å². The molecule has 0 amide bonds. The van der Waals surface area contributed by atoms with Gasteiger partial charge in [-0.15, -0.1) is 11.6 Å². The summed E-state index contributed by atoms with van der Waals surface area (Å²) in [6, 6.07) is 12.6. The molecule has 8 heteroatoms. The largest absolute Gasteiger partial charge is 0.508 e. The van der Waals surface area contributed by atoms with Gasteiger partial charge in [-0.3, -0.25) is 0 Å². The Kier molecular flexibility index (Phi) is 7.33. The van der Waals surface area contributed by atoms with Crippen LogP contribution in [0.15, 0.2) is 60.4 Å². The lowest BCUT2D eigenvalue weighted by Crippen LogP contribution is -1.97. The number of aromatic hydroxyl groups is 3. The maximum absolute atomic E-state index is 13.1. The third-order valence-corrected chi connectivity index (χ3v) is 4.99. The third kappa shape index (κ3) is 4.84. The predicted molar refractivity (Wildman–Crippen MR) is 121 cm³/mol. The molecule has 3 rings (SSSR count). The van der Waals surface area contributed by atoms with E-state index in [1.807, 2.05) is 0 Å². The van der Waals surface area contributed by atoms with Crippen molar-refractivity contribution in [1.29, 1.82) is 0 Å². The van der Waals surface area contributed by atoms with Crippen molar-refractivity contribution in [1.82, 2.24) is 0 Å². The SMILES string of the molecule is COc1cc(-c2ccc(O)cc2)c(OC)c(O)c1-c1ccc(OC/C=C(/F)CCl)c(O)c1. The molecule has 3 aromatic carbocycles. The lowest BCUT2D eigenvalue weighted by molar-refractivity contribution is 0.333. The molecular weight excluding hydrogens is 439 g/mol. The smallest absolute Gasteiger partial charge is 0.170 e. The first-order chi connectivity index (χ1) is 15.4. The summed E-state index contributed by atoms with van der Waals surface area (Å²) in [5, 5.41) is 30.9. The summed E-state index contributed by atoms with van der Waals surface area (Å²) >= 11 is 5.37. The molecule has 32 heavy (non-hydrogen) atoms. The average molecular weight is 461 g/mol. The van der Waals surface area contributed by atoms with Crippen LogP contribution >= 0.6 is 11.6 Å². The highest BCUT2D eigenvalue weighted by Crippen LogP contribution is 2.50. The number of allylic oxidation sites excluding steroid dienone is 1. The van der Waals surface area contributed by atoms with E-state index in [0.29, 0.717) is 28.0 Å². The highest BCUT2D eigenvalue weighted by molar-refractivity contribution is 6.19. The Morgan fingerprint density at radius 3 is 2.22 bits per heavy atom. The summed E-state index contributed by atoms with van der Waals surface area (Å²) in [5.41, 5.74) is 2.01. The summed E-state index contributed by atoms with van der Waals surface area (Å²) in [6.07, 6.45) is 1.17. The lowest BCUT2D eigenvalue weighted by Gasteiger charge is -2.18. The molecule has 0 aromatic heterocycles. The number of hydrogen-bond acceptors (Lipinski definition) is 6. The van der Waals surface area contributed by atoms with Gasteiger partial charge < -0.3 is 29.5 Å². The topological polar surface area (TPSA) is 88.4 Å². The first kappa shape index (κ1) is 23.1. The lowest BCUT2D eigenvalue weighted by atomic mass is 9.96. The van der Waals surface area contributed by atoms with Crippen LogP contribution in [0, 0.1) is 0 Å². The molecule has 0 spiro atoms. The van der Waals surface area contributed by atoms with Crippen molar-refractivity contribution in [2.75, 3.05) is 26.7 Å². The minimum Gasteiger partial charge on any atom is -0.508 e. The van der Waals surface area contributed by atoms with Crippen molar-refractivity contribution in [2.45, 2.75) is 0 Å². The molecule has 3 aromatic rings. The summed E-state index contributed by atoms with van der Waals surface area (Å²) in [4.78, 5) is 0. The highest BCUT2D eigenvalue weighted by atomic mass is 35.5. The van der Waals surface area contributed by atoms with E-state index >= 15 is 0 Å². The third-order valence-electron chi connectivity index (χ3n) is 4.74. The van der Waals surface area contributed by atoms with Crippen LogP contribution in [0.1, 0.15) is 0 Å². The van der Waals surface area contributed by atoms with Crippen LogP contribution in [-0.4, -0.2) is 42.0 Å². The Labute approximate surface area is 189 Å². The second-order valence-corrected chi connectivity index (χ2v) is 6.98. The minimum atomic E-state index is -0.529. The van der Waals surface area contributed by atoms with E-state index in [1.54, 1.807) is 24.3 Å². The summed E-state index contributed by atoms with van der Waals surface area (Å²) in [7, 11) is 2.89. The van der Waals surface area contributed by atoms with E-state index < -0.39 is 5.83 Å². The molecular formula is C24H22ClFO6. The van der Waals surface area contributed by atoms with Crippen molar-refractivity contribution in [3.8, 4) is 56.8 Å². The summed E-state index contributed by atoms with van der Waals surface area (Å²) in [6.45, 7) is -0.102. The van der Waals surface area contributed by atoms with E-state index in [0.717, 1.165) is 0 Å². The van der Waals surface area contributed by atoms with Gasteiger partial charge in [-0.1, -0.05) is 18.2 Å². The Morgan fingerprint density at radius 1 is 0.938 bits per heavy atom. The van der Waals surface area contributed by atoms with E-state index in [4.69, 9.17) is 25.8 Å². The highest BCUT2D eigenvalue weighted by Gasteiger charge is 2.22. The number of halogens is 2. The number of alkyl halides is 1. The zero-order valence-electron chi connectivity index (χ0n) is 17.4. The Hall–Kier alpha value is -3.58. The van der Waals surface area contributed by atoms with Crippen molar-refractivity contribution in [3.05, 3.63) is 60.4 Å². The molecule has 0 aliphatic rings. The number of ether oxygens (including phenoxy) is 3. The molecule has 0 radical (unpaired) electrons. The monoisotopic (exact) mass is 460 g/mol. The summed E-state index contributed by atoms with van der Waals surface area (Å²) < 4.78 is 29.4. The first-order valence-electron chi connectivity index (χ1n) is 9.53.